The molecule has 0 spiro atoms. The van der Waals surface area contributed by atoms with Gasteiger partial charge in [0.15, 0.2) is 6.54 Å². The van der Waals surface area contributed by atoms with E-state index in [-0.39, 0.29) is 5.88 Å². The van der Waals surface area contributed by atoms with Gasteiger partial charge in [0.05, 0.1) is 0 Å². The summed E-state index contributed by atoms with van der Waals surface area (Å²) in [4.78, 5) is 0. The molecule has 0 radical (unpaired) electrons. The third-order valence-electron chi connectivity index (χ3n) is 2.69. The first-order valence-electron chi connectivity index (χ1n) is 5.46. The number of aromatic nitrogens is 2. The first-order chi connectivity index (χ1) is 7.88. The molecule has 0 fully saturated rings. The van der Waals surface area contributed by atoms with Crippen LogP contribution in [0.3, 0.4) is 0 Å². The van der Waals surface area contributed by atoms with Gasteiger partial charge in [-0.3, -0.25) is 4.52 Å². The molecule has 1 aliphatic rings. The Morgan fingerprint density at radius 1 is 1.50 bits per heavy atom. The highest BCUT2D eigenvalue weighted by molar-refractivity contribution is 5.09. The monoisotopic (exact) mass is 222 g/mol. The number of hydrogen-bond donors (Lipinski definition) is 0. The SMILES string of the molecule is [O-]/N=N/c1c[n+](CCC2=CCCCC2)no1. The van der Waals surface area contributed by atoms with Crippen molar-refractivity contribution in [3.8, 4) is 0 Å². The van der Waals surface area contributed by atoms with Gasteiger partial charge in [-0.05, 0) is 25.7 Å². The summed E-state index contributed by atoms with van der Waals surface area (Å²) in [7, 11) is 0. The van der Waals surface area contributed by atoms with Crippen LogP contribution in [-0.2, 0) is 6.54 Å². The van der Waals surface area contributed by atoms with Crippen LogP contribution in [0.2, 0.25) is 0 Å². The van der Waals surface area contributed by atoms with Gasteiger partial charge in [0.1, 0.15) is 0 Å². The lowest BCUT2D eigenvalue weighted by atomic mass is 9.97. The van der Waals surface area contributed by atoms with Gasteiger partial charge in [0.2, 0.25) is 5.27 Å². The minimum Gasteiger partial charge on any atom is -0.775 e. The fourth-order valence-electron chi connectivity index (χ4n) is 1.85. The standard InChI is InChI=1S/C10H14N4O2/c15-12-11-10-8-14(13-16-10)7-6-9-4-2-1-3-5-9/h4,8H,1-3,5-7H2. The molecule has 0 amide bonds. The van der Waals surface area contributed by atoms with E-state index in [1.807, 2.05) is 0 Å². The van der Waals surface area contributed by atoms with Gasteiger partial charge in [-0.1, -0.05) is 16.3 Å². The van der Waals surface area contributed by atoms with Crippen molar-refractivity contribution in [2.45, 2.75) is 38.6 Å². The molecule has 6 nitrogen and oxygen atoms in total. The van der Waals surface area contributed by atoms with E-state index in [0.29, 0.717) is 0 Å². The minimum absolute atomic E-state index is 0.146. The van der Waals surface area contributed by atoms with E-state index in [1.165, 1.54) is 31.3 Å². The summed E-state index contributed by atoms with van der Waals surface area (Å²) in [6.07, 6.45) is 9.82. The van der Waals surface area contributed by atoms with E-state index >= 15 is 0 Å². The first-order valence-corrected chi connectivity index (χ1v) is 5.46. The van der Waals surface area contributed by atoms with Crippen molar-refractivity contribution in [1.29, 1.82) is 0 Å². The smallest absolute Gasteiger partial charge is 0.339 e. The summed E-state index contributed by atoms with van der Waals surface area (Å²) in [5, 5.41) is 19.2. The Labute approximate surface area is 93.2 Å². The molecular formula is C10H14N4O2. The molecule has 0 saturated carbocycles. The maximum Gasteiger partial charge on any atom is 0.339 e. The third-order valence-corrected chi connectivity index (χ3v) is 2.69. The lowest BCUT2D eigenvalue weighted by Crippen LogP contribution is -2.34. The summed E-state index contributed by atoms with van der Waals surface area (Å²) in [5.41, 5.74) is 1.48. The van der Waals surface area contributed by atoms with Crippen molar-refractivity contribution in [3.63, 3.8) is 0 Å². The summed E-state index contributed by atoms with van der Waals surface area (Å²) in [6.45, 7) is 0.754. The molecule has 0 aromatic carbocycles. The molecular weight excluding hydrogens is 208 g/mol. The Kier molecular flexibility index (Phi) is 3.63. The van der Waals surface area contributed by atoms with Gasteiger partial charge in [0.25, 0.3) is 6.20 Å². The van der Waals surface area contributed by atoms with Gasteiger partial charge < -0.3 is 5.21 Å². The maximum atomic E-state index is 9.87. The van der Waals surface area contributed by atoms with E-state index in [4.69, 9.17) is 4.52 Å². The van der Waals surface area contributed by atoms with Crippen LogP contribution in [0.15, 0.2) is 32.8 Å². The lowest BCUT2D eigenvalue weighted by molar-refractivity contribution is -0.761. The Hall–Kier alpha value is -1.72. The molecule has 0 unspecified atom stereocenters. The highest BCUT2D eigenvalue weighted by Gasteiger charge is 2.12. The summed E-state index contributed by atoms with van der Waals surface area (Å²) < 4.78 is 6.42. The molecule has 16 heavy (non-hydrogen) atoms. The largest absolute Gasteiger partial charge is 0.775 e. The second kappa shape index (κ2) is 5.39. The van der Waals surface area contributed by atoms with E-state index in [1.54, 1.807) is 10.9 Å². The maximum absolute atomic E-state index is 9.87. The van der Waals surface area contributed by atoms with E-state index in [2.05, 4.69) is 21.7 Å². The number of hydrogen-bond acceptors (Lipinski definition) is 5. The van der Waals surface area contributed by atoms with Crippen LogP contribution in [-0.4, -0.2) is 5.27 Å². The molecule has 2 rings (SSSR count). The summed E-state index contributed by atoms with van der Waals surface area (Å²) in [6, 6.07) is 0. The van der Waals surface area contributed by atoms with Crippen LogP contribution >= 0.6 is 0 Å². The van der Waals surface area contributed by atoms with Crippen molar-refractivity contribution in [1.82, 2.24) is 5.27 Å². The van der Waals surface area contributed by atoms with Gasteiger partial charge >= 0.3 is 5.88 Å². The van der Waals surface area contributed by atoms with Crippen molar-refractivity contribution in [2.24, 2.45) is 10.4 Å². The molecule has 1 aliphatic carbocycles. The van der Waals surface area contributed by atoms with Crippen LogP contribution in [0.4, 0.5) is 5.88 Å². The second-order valence-electron chi connectivity index (χ2n) is 3.84. The number of nitrogens with zero attached hydrogens (tertiary/aromatic N) is 4. The van der Waals surface area contributed by atoms with Crippen LogP contribution in [0.1, 0.15) is 32.1 Å². The highest BCUT2D eigenvalue weighted by atomic mass is 16.5. The molecule has 0 saturated heterocycles. The molecule has 0 bridgehead atoms. The molecule has 0 atom stereocenters. The third kappa shape index (κ3) is 2.88. The highest BCUT2D eigenvalue weighted by Crippen LogP contribution is 2.19. The van der Waals surface area contributed by atoms with Gasteiger partial charge in [-0.15, -0.1) is 5.11 Å². The fourth-order valence-corrected chi connectivity index (χ4v) is 1.85. The zero-order valence-electron chi connectivity index (χ0n) is 9.00. The molecule has 0 aliphatic heterocycles. The number of allylic oxidation sites excluding steroid dienone is 2. The Morgan fingerprint density at radius 2 is 2.44 bits per heavy atom. The fraction of sp³-hybridized carbons (Fsp3) is 0.600. The molecule has 1 aromatic heterocycles. The second-order valence-corrected chi connectivity index (χ2v) is 3.84. The first kappa shape index (κ1) is 10.8. The van der Waals surface area contributed by atoms with Gasteiger partial charge in [-0.25, -0.2) is 5.28 Å². The molecule has 1 heterocycles. The zero-order valence-corrected chi connectivity index (χ0v) is 9.00. The predicted molar refractivity (Wildman–Crippen MR) is 55.7 cm³/mol. The van der Waals surface area contributed by atoms with Crippen molar-refractivity contribution in [2.75, 3.05) is 0 Å². The van der Waals surface area contributed by atoms with E-state index in [9.17, 15) is 5.21 Å². The Morgan fingerprint density at radius 3 is 3.19 bits per heavy atom. The molecule has 0 N–H and O–H groups in total. The van der Waals surface area contributed by atoms with E-state index in [0.717, 1.165) is 13.0 Å². The van der Waals surface area contributed by atoms with Gasteiger partial charge in [-0.2, -0.15) is 0 Å². The number of aryl methyl sites for hydroxylation is 1. The van der Waals surface area contributed by atoms with Crippen molar-refractivity contribution >= 4 is 5.88 Å². The topological polar surface area (TPSA) is 77.7 Å². The average molecular weight is 222 g/mol. The summed E-state index contributed by atoms with van der Waals surface area (Å²) in [5.74, 6) is 0.146. The van der Waals surface area contributed by atoms with Crippen LogP contribution in [0.25, 0.3) is 0 Å². The van der Waals surface area contributed by atoms with Crippen LogP contribution in [0.5, 0.6) is 0 Å². The Balaban J connectivity index is 1.86. The molecule has 6 heteroatoms. The number of rotatable bonds is 4. The normalized spacial score (nSPS) is 16.6. The Bertz CT molecular complexity index is 397. The molecule has 86 valence electrons. The summed E-state index contributed by atoms with van der Waals surface area (Å²) >= 11 is 0. The zero-order chi connectivity index (χ0) is 11.2. The van der Waals surface area contributed by atoms with E-state index < -0.39 is 0 Å². The lowest BCUT2D eigenvalue weighted by Gasteiger charge is -2.09. The predicted octanol–water partition coefficient (Wildman–Crippen LogP) is 2.43. The van der Waals surface area contributed by atoms with Crippen LogP contribution < -0.4 is 4.68 Å². The van der Waals surface area contributed by atoms with Gasteiger partial charge in [0, 0.05) is 6.42 Å². The minimum atomic E-state index is 0.146. The average Bonchev–Trinajstić information content (AvgIpc) is 2.76. The van der Waals surface area contributed by atoms with Crippen LogP contribution in [0, 0.1) is 5.21 Å². The van der Waals surface area contributed by atoms with Crippen molar-refractivity contribution < 1.29 is 9.20 Å². The quantitative estimate of drug-likeness (QED) is 0.339. The van der Waals surface area contributed by atoms with Crippen molar-refractivity contribution in [3.05, 3.63) is 23.1 Å². The molecule has 1 aromatic rings.